The van der Waals surface area contributed by atoms with Crippen molar-refractivity contribution in [1.82, 2.24) is 4.98 Å². The SMILES string of the molecule is COC(=O)c1ccccc1NC(=O)CN1C(=O)C(C)Oc2ccc(-c3nc(C)sc3C)cc21. The molecule has 0 saturated heterocycles. The number of amides is 2. The summed E-state index contributed by atoms with van der Waals surface area (Å²) in [5, 5.41) is 3.66. The number of carbonyl (C=O) groups excluding carboxylic acids is 3. The topological polar surface area (TPSA) is 97.8 Å². The van der Waals surface area contributed by atoms with Gasteiger partial charge in [0.05, 0.1) is 34.7 Å². The van der Waals surface area contributed by atoms with Gasteiger partial charge in [0.1, 0.15) is 12.3 Å². The number of hydrogen-bond donors (Lipinski definition) is 1. The van der Waals surface area contributed by atoms with Crippen LogP contribution in [-0.4, -0.2) is 42.5 Å². The van der Waals surface area contributed by atoms with Crippen molar-refractivity contribution in [2.24, 2.45) is 0 Å². The summed E-state index contributed by atoms with van der Waals surface area (Å²) >= 11 is 1.60. The molecule has 2 aromatic carbocycles. The van der Waals surface area contributed by atoms with Gasteiger partial charge < -0.3 is 14.8 Å². The van der Waals surface area contributed by atoms with Crippen molar-refractivity contribution in [3.8, 4) is 17.0 Å². The van der Waals surface area contributed by atoms with E-state index in [1.54, 1.807) is 48.6 Å². The van der Waals surface area contributed by atoms with Crippen LogP contribution in [0.25, 0.3) is 11.3 Å². The van der Waals surface area contributed by atoms with Crippen LogP contribution in [0.15, 0.2) is 42.5 Å². The molecule has 1 aliphatic rings. The van der Waals surface area contributed by atoms with Crippen molar-refractivity contribution >= 4 is 40.5 Å². The third kappa shape index (κ3) is 4.45. The normalized spacial score (nSPS) is 15.0. The lowest BCUT2D eigenvalue weighted by atomic mass is 10.1. The maximum absolute atomic E-state index is 12.9. The number of carbonyl (C=O) groups is 3. The zero-order chi connectivity index (χ0) is 23.7. The Morgan fingerprint density at radius 1 is 1.21 bits per heavy atom. The van der Waals surface area contributed by atoms with Gasteiger partial charge in [-0.1, -0.05) is 12.1 Å². The van der Waals surface area contributed by atoms with Crippen LogP contribution < -0.4 is 15.0 Å². The van der Waals surface area contributed by atoms with E-state index in [9.17, 15) is 14.4 Å². The van der Waals surface area contributed by atoms with E-state index in [1.807, 2.05) is 26.0 Å². The zero-order valence-corrected chi connectivity index (χ0v) is 19.5. The van der Waals surface area contributed by atoms with E-state index in [2.05, 4.69) is 10.3 Å². The fraction of sp³-hybridized carbons (Fsp3) is 0.250. The molecule has 0 aliphatic carbocycles. The highest BCUT2D eigenvalue weighted by molar-refractivity contribution is 7.11. The number of nitrogens with zero attached hydrogens (tertiary/aromatic N) is 2. The van der Waals surface area contributed by atoms with Gasteiger partial charge in [0.2, 0.25) is 5.91 Å². The molecule has 2 amide bonds. The summed E-state index contributed by atoms with van der Waals surface area (Å²) in [6, 6.07) is 12.0. The van der Waals surface area contributed by atoms with Crippen molar-refractivity contribution in [1.29, 1.82) is 0 Å². The Labute approximate surface area is 195 Å². The predicted molar refractivity (Wildman–Crippen MR) is 126 cm³/mol. The molecule has 1 aromatic heterocycles. The highest BCUT2D eigenvalue weighted by Crippen LogP contribution is 2.38. The molecular formula is C24H23N3O5S. The van der Waals surface area contributed by atoms with Crippen LogP contribution in [0.4, 0.5) is 11.4 Å². The zero-order valence-electron chi connectivity index (χ0n) is 18.7. The first-order chi connectivity index (χ1) is 15.8. The van der Waals surface area contributed by atoms with Crippen LogP contribution in [-0.2, 0) is 14.3 Å². The molecule has 0 saturated carbocycles. The molecule has 1 N–H and O–H groups in total. The highest BCUT2D eigenvalue weighted by atomic mass is 32.1. The lowest BCUT2D eigenvalue weighted by Crippen LogP contribution is -2.47. The van der Waals surface area contributed by atoms with Crippen LogP contribution in [0.2, 0.25) is 0 Å². The van der Waals surface area contributed by atoms with Crippen LogP contribution >= 0.6 is 11.3 Å². The Bertz CT molecular complexity index is 1250. The summed E-state index contributed by atoms with van der Waals surface area (Å²) < 4.78 is 10.5. The number of aryl methyl sites for hydroxylation is 2. The Hall–Kier alpha value is -3.72. The van der Waals surface area contributed by atoms with E-state index in [1.165, 1.54) is 12.0 Å². The Morgan fingerprint density at radius 2 is 1.97 bits per heavy atom. The first-order valence-electron chi connectivity index (χ1n) is 10.3. The van der Waals surface area contributed by atoms with Gasteiger partial charge in [0.15, 0.2) is 6.10 Å². The van der Waals surface area contributed by atoms with Gasteiger partial charge in [0.25, 0.3) is 5.91 Å². The molecule has 0 radical (unpaired) electrons. The minimum absolute atomic E-state index is 0.229. The van der Waals surface area contributed by atoms with Gasteiger partial charge in [-0.25, -0.2) is 9.78 Å². The number of esters is 1. The van der Waals surface area contributed by atoms with Crippen molar-refractivity contribution in [2.75, 3.05) is 23.9 Å². The van der Waals surface area contributed by atoms with Crippen molar-refractivity contribution in [3.05, 3.63) is 57.9 Å². The average molecular weight is 466 g/mol. The second kappa shape index (κ2) is 9.03. The predicted octanol–water partition coefficient (Wildman–Crippen LogP) is 3.97. The molecular weight excluding hydrogens is 442 g/mol. The Kier molecular flexibility index (Phi) is 6.15. The van der Waals surface area contributed by atoms with Gasteiger partial charge in [-0.15, -0.1) is 11.3 Å². The summed E-state index contributed by atoms with van der Waals surface area (Å²) in [6.07, 6.45) is -0.734. The van der Waals surface area contributed by atoms with E-state index in [0.717, 1.165) is 21.1 Å². The molecule has 33 heavy (non-hydrogen) atoms. The maximum Gasteiger partial charge on any atom is 0.339 e. The molecule has 1 atom stereocenters. The number of rotatable bonds is 5. The molecule has 170 valence electrons. The Morgan fingerprint density at radius 3 is 2.67 bits per heavy atom. The summed E-state index contributed by atoms with van der Waals surface area (Å²) in [5.41, 5.74) is 2.71. The molecule has 9 heteroatoms. The molecule has 0 bridgehead atoms. The second-order valence-electron chi connectivity index (χ2n) is 7.59. The molecule has 4 rings (SSSR count). The number of benzene rings is 2. The summed E-state index contributed by atoms with van der Waals surface area (Å²) in [7, 11) is 1.27. The van der Waals surface area contributed by atoms with E-state index < -0.39 is 18.0 Å². The van der Waals surface area contributed by atoms with Gasteiger partial charge in [0, 0.05) is 10.4 Å². The number of fused-ring (bicyclic) bond motifs is 1. The number of nitrogens with one attached hydrogen (secondary N) is 1. The average Bonchev–Trinajstić information content (AvgIpc) is 3.14. The third-order valence-electron chi connectivity index (χ3n) is 5.25. The highest BCUT2D eigenvalue weighted by Gasteiger charge is 2.33. The first-order valence-corrected chi connectivity index (χ1v) is 11.1. The minimum atomic E-state index is -0.734. The molecule has 3 aromatic rings. The van der Waals surface area contributed by atoms with E-state index >= 15 is 0 Å². The number of methoxy groups -OCH3 is 1. The van der Waals surface area contributed by atoms with Gasteiger partial charge >= 0.3 is 5.97 Å². The smallest absolute Gasteiger partial charge is 0.339 e. The second-order valence-corrected chi connectivity index (χ2v) is 9.00. The van der Waals surface area contributed by atoms with Gasteiger partial charge in [-0.2, -0.15) is 0 Å². The monoisotopic (exact) mass is 465 g/mol. The number of ether oxygens (including phenoxy) is 2. The van der Waals surface area contributed by atoms with Crippen molar-refractivity contribution in [3.63, 3.8) is 0 Å². The number of para-hydroxylation sites is 1. The molecule has 0 fully saturated rings. The number of thiazole rings is 1. The number of aromatic nitrogens is 1. The standard InChI is InChI=1S/C24H23N3O5S/c1-13-23(29)27(12-21(28)26-18-8-6-5-7-17(18)24(30)31-4)19-11-16(9-10-20(19)32-13)22-14(2)33-15(3)25-22/h5-11,13H,12H2,1-4H3,(H,26,28). The summed E-state index contributed by atoms with van der Waals surface area (Å²) in [6.45, 7) is 5.34. The quantitative estimate of drug-likeness (QED) is 0.573. The van der Waals surface area contributed by atoms with E-state index in [4.69, 9.17) is 9.47 Å². The largest absolute Gasteiger partial charge is 0.479 e. The van der Waals surface area contributed by atoms with Crippen LogP contribution in [0, 0.1) is 13.8 Å². The number of hydrogen-bond acceptors (Lipinski definition) is 7. The summed E-state index contributed by atoms with van der Waals surface area (Å²) in [5.74, 6) is -0.836. The lowest BCUT2D eigenvalue weighted by molar-refractivity contribution is -0.127. The fourth-order valence-corrected chi connectivity index (χ4v) is 4.57. The molecule has 1 unspecified atom stereocenters. The summed E-state index contributed by atoms with van der Waals surface area (Å²) in [4.78, 5) is 44.9. The lowest BCUT2D eigenvalue weighted by Gasteiger charge is -2.33. The molecule has 8 nitrogen and oxygen atoms in total. The van der Waals surface area contributed by atoms with E-state index in [-0.39, 0.29) is 18.0 Å². The van der Waals surface area contributed by atoms with Crippen molar-refractivity contribution < 1.29 is 23.9 Å². The first kappa shape index (κ1) is 22.5. The van der Waals surface area contributed by atoms with Gasteiger partial charge in [-0.05, 0) is 51.1 Å². The van der Waals surface area contributed by atoms with Gasteiger partial charge in [-0.3, -0.25) is 14.5 Å². The third-order valence-corrected chi connectivity index (χ3v) is 6.14. The van der Waals surface area contributed by atoms with Crippen LogP contribution in [0.1, 0.15) is 27.2 Å². The van der Waals surface area contributed by atoms with Crippen molar-refractivity contribution in [2.45, 2.75) is 26.9 Å². The van der Waals surface area contributed by atoms with Crippen LogP contribution in [0.5, 0.6) is 5.75 Å². The van der Waals surface area contributed by atoms with Crippen LogP contribution in [0.3, 0.4) is 0 Å². The minimum Gasteiger partial charge on any atom is -0.479 e. The number of anilines is 2. The molecule has 2 heterocycles. The van der Waals surface area contributed by atoms with E-state index in [0.29, 0.717) is 17.1 Å². The molecule has 1 aliphatic heterocycles. The molecule has 0 spiro atoms. The Balaban J connectivity index is 1.64. The fourth-order valence-electron chi connectivity index (χ4n) is 3.73. The maximum atomic E-state index is 12.9.